The second-order valence-electron chi connectivity index (χ2n) is 4.67. The highest BCUT2D eigenvalue weighted by atomic mass is 16.5. The highest BCUT2D eigenvalue weighted by molar-refractivity contribution is 6.04. The Morgan fingerprint density at radius 1 is 1.14 bits per heavy atom. The smallest absolute Gasteiger partial charge is 0.285 e. The molecule has 22 heavy (non-hydrogen) atoms. The average Bonchev–Trinajstić information content (AvgIpc) is 2.57. The van der Waals surface area contributed by atoms with Crippen molar-refractivity contribution in [2.75, 3.05) is 18.2 Å². The summed E-state index contributed by atoms with van der Waals surface area (Å²) in [6, 6.07) is 16.8. The van der Waals surface area contributed by atoms with Gasteiger partial charge in [-0.1, -0.05) is 30.3 Å². The van der Waals surface area contributed by atoms with E-state index in [1.807, 2.05) is 55.5 Å². The lowest BCUT2D eigenvalue weighted by Gasteiger charge is -2.25. The molecule has 1 amide bonds. The van der Waals surface area contributed by atoms with E-state index in [0.717, 1.165) is 5.56 Å². The van der Waals surface area contributed by atoms with Crippen molar-refractivity contribution in [1.29, 1.82) is 0 Å². The summed E-state index contributed by atoms with van der Waals surface area (Å²) in [5.41, 5.74) is 1.44. The van der Waals surface area contributed by atoms with Crippen LogP contribution < -0.4 is 9.75 Å². The molecule has 5 heteroatoms. The number of nitrogens with zero attached hydrogens (tertiary/aromatic N) is 2. The van der Waals surface area contributed by atoms with Gasteiger partial charge in [-0.15, -0.1) is 5.10 Å². The number of para-hydroxylation sites is 2. The highest BCUT2D eigenvalue weighted by Crippen LogP contribution is 2.30. The summed E-state index contributed by atoms with van der Waals surface area (Å²) in [6.07, 6.45) is 0. The van der Waals surface area contributed by atoms with Crippen LogP contribution in [0.4, 0.5) is 5.69 Å². The third-order valence-corrected chi connectivity index (χ3v) is 3.17. The van der Waals surface area contributed by atoms with Crippen LogP contribution in [-0.4, -0.2) is 25.0 Å². The summed E-state index contributed by atoms with van der Waals surface area (Å²) in [5.74, 6) is 0.815. The first kappa shape index (κ1) is 14.1. The van der Waals surface area contributed by atoms with E-state index in [9.17, 15) is 4.79 Å². The van der Waals surface area contributed by atoms with E-state index in [1.165, 1.54) is 5.01 Å². The maximum absolute atomic E-state index is 12.2. The van der Waals surface area contributed by atoms with Gasteiger partial charge in [0.1, 0.15) is 11.4 Å². The Balaban J connectivity index is 2.00. The second-order valence-corrected chi connectivity index (χ2v) is 4.67. The molecular formula is C17H16N2O3. The Morgan fingerprint density at radius 2 is 1.86 bits per heavy atom. The molecule has 0 saturated heterocycles. The Hall–Kier alpha value is -2.82. The van der Waals surface area contributed by atoms with E-state index >= 15 is 0 Å². The van der Waals surface area contributed by atoms with E-state index in [2.05, 4.69) is 5.10 Å². The fourth-order valence-electron chi connectivity index (χ4n) is 2.19. The van der Waals surface area contributed by atoms with Gasteiger partial charge in [0.2, 0.25) is 5.90 Å². The molecule has 2 aromatic rings. The van der Waals surface area contributed by atoms with Crippen LogP contribution in [0.3, 0.4) is 0 Å². The van der Waals surface area contributed by atoms with Crippen molar-refractivity contribution >= 4 is 17.5 Å². The molecule has 0 bridgehead atoms. The van der Waals surface area contributed by atoms with Gasteiger partial charge in [-0.3, -0.25) is 4.79 Å². The van der Waals surface area contributed by atoms with Gasteiger partial charge >= 0.3 is 0 Å². The maximum Gasteiger partial charge on any atom is 0.285 e. The van der Waals surface area contributed by atoms with E-state index < -0.39 is 0 Å². The standard InChI is InChI=1S/C17H16N2O3/c1-2-21-15-11-7-6-10-14(15)19-16(20)12-22-17(18-19)13-8-4-3-5-9-13/h3-11H,2,12H2,1H3. The summed E-state index contributed by atoms with van der Waals surface area (Å²) in [7, 11) is 0. The first-order valence-corrected chi connectivity index (χ1v) is 7.11. The number of anilines is 1. The minimum Gasteiger partial charge on any atom is -0.492 e. The van der Waals surface area contributed by atoms with Gasteiger partial charge in [0.05, 0.1) is 6.61 Å². The first-order chi connectivity index (χ1) is 10.8. The molecule has 0 spiro atoms. The molecule has 1 aliphatic heterocycles. The van der Waals surface area contributed by atoms with E-state index in [0.29, 0.717) is 23.9 Å². The third-order valence-electron chi connectivity index (χ3n) is 3.17. The zero-order valence-corrected chi connectivity index (χ0v) is 12.2. The molecule has 0 aromatic heterocycles. The van der Waals surface area contributed by atoms with Crippen LogP contribution in [-0.2, 0) is 9.53 Å². The number of carbonyl (C=O) groups is 1. The number of carbonyl (C=O) groups excluding carboxylic acids is 1. The van der Waals surface area contributed by atoms with Crippen LogP contribution in [0.1, 0.15) is 12.5 Å². The van der Waals surface area contributed by atoms with Crippen LogP contribution in [0.25, 0.3) is 0 Å². The van der Waals surface area contributed by atoms with Gasteiger partial charge in [0, 0.05) is 5.56 Å². The van der Waals surface area contributed by atoms with Crippen LogP contribution in [0.5, 0.6) is 5.75 Å². The number of ether oxygens (including phenoxy) is 2. The average molecular weight is 296 g/mol. The fraction of sp³-hybridized carbons (Fsp3) is 0.176. The predicted molar refractivity (Wildman–Crippen MR) is 84.0 cm³/mol. The molecule has 112 valence electrons. The SMILES string of the molecule is CCOc1ccccc1N1N=C(c2ccccc2)OCC1=O. The van der Waals surface area contributed by atoms with Crippen LogP contribution in [0, 0.1) is 0 Å². The second kappa shape index (κ2) is 6.30. The Morgan fingerprint density at radius 3 is 2.64 bits per heavy atom. The van der Waals surface area contributed by atoms with Crippen LogP contribution in [0.15, 0.2) is 59.7 Å². The minimum atomic E-state index is -0.230. The van der Waals surface area contributed by atoms with E-state index in [-0.39, 0.29) is 12.5 Å². The Bertz CT molecular complexity index is 698. The van der Waals surface area contributed by atoms with Gasteiger partial charge in [0.25, 0.3) is 5.91 Å². The number of hydrazone groups is 1. The summed E-state index contributed by atoms with van der Waals surface area (Å²) in [5, 5.41) is 5.69. The number of amides is 1. The van der Waals surface area contributed by atoms with E-state index in [1.54, 1.807) is 6.07 Å². The lowest BCUT2D eigenvalue weighted by atomic mass is 10.2. The lowest BCUT2D eigenvalue weighted by molar-refractivity contribution is -0.121. The topological polar surface area (TPSA) is 51.1 Å². The van der Waals surface area contributed by atoms with Crippen molar-refractivity contribution in [3.05, 3.63) is 60.2 Å². The molecule has 0 atom stereocenters. The molecule has 3 rings (SSSR count). The third kappa shape index (κ3) is 2.79. The Kier molecular flexibility index (Phi) is 4.05. The minimum absolute atomic E-state index is 0.0474. The van der Waals surface area contributed by atoms with Crippen molar-refractivity contribution in [2.45, 2.75) is 6.92 Å². The summed E-state index contributed by atoms with van der Waals surface area (Å²) in [6.45, 7) is 2.37. The quantitative estimate of drug-likeness (QED) is 0.871. The van der Waals surface area contributed by atoms with Crippen molar-refractivity contribution in [3.63, 3.8) is 0 Å². The molecule has 1 aliphatic rings. The van der Waals surface area contributed by atoms with Crippen molar-refractivity contribution in [2.24, 2.45) is 5.10 Å². The molecule has 2 aromatic carbocycles. The largest absolute Gasteiger partial charge is 0.492 e. The van der Waals surface area contributed by atoms with Gasteiger partial charge in [-0.2, -0.15) is 5.01 Å². The van der Waals surface area contributed by atoms with Gasteiger partial charge in [-0.05, 0) is 31.2 Å². The number of rotatable bonds is 4. The Labute approximate surface area is 128 Å². The molecule has 1 heterocycles. The number of hydrogen-bond acceptors (Lipinski definition) is 4. The molecule has 0 aliphatic carbocycles. The fourth-order valence-corrected chi connectivity index (χ4v) is 2.19. The van der Waals surface area contributed by atoms with Crippen LogP contribution >= 0.6 is 0 Å². The molecule has 0 fully saturated rings. The van der Waals surface area contributed by atoms with Gasteiger partial charge in [-0.25, -0.2) is 0 Å². The zero-order chi connectivity index (χ0) is 15.4. The highest BCUT2D eigenvalue weighted by Gasteiger charge is 2.26. The molecule has 0 saturated carbocycles. The van der Waals surface area contributed by atoms with Crippen molar-refractivity contribution < 1.29 is 14.3 Å². The zero-order valence-electron chi connectivity index (χ0n) is 12.2. The van der Waals surface area contributed by atoms with Gasteiger partial charge < -0.3 is 9.47 Å². The van der Waals surface area contributed by atoms with E-state index in [4.69, 9.17) is 9.47 Å². The molecule has 5 nitrogen and oxygen atoms in total. The summed E-state index contributed by atoms with van der Waals surface area (Å²) in [4.78, 5) is 12.2. The summed E-state index contributed by atoms with van der Waals surface area (Å²) < 4.78 is 11.0. The monoisotopic (exact) mass is 296 g/mol. The molecular weight excluding hydrogens is 280 g/mol. The normalized spacial score (nSPS) is 14.3. The number of benzene rings is 2. The molecule has 0 unspecified atom stereocenters. The molecule has 0 N–H and O–H groups in total. The van der Waals surface area contributed by atoms with Crippen LogP contribution in [0.2, 0.25) is 0 Å². The van der Waals surface area contributed by atoms with Crippen molar-refractivity contribution in [3.8, 4) is 5.75 Å². The lowest BCUT2D eigenvalue weighted by Crippen LogP contribution is -2.37. The first-order valence-electron chi connectivity index (χ1n) is 7.11. The van der Waals surface area contributed by atoms with Gasteiger partial charge in [0.15, 0.2) is 6.61 Å². The molecule has 0 radical (unpaired) electrons. The summed E-state index contributed by atoms with van der Waals surface area (Å²) >= 11 is 0. The maximum atomic E-state index is 12.2. The van der Waals surface area contributed by atoms with Crippen molar-refractivity contribution in [1.82, 2.24) is 0 Å². The predicted octanol–water partition coefficient (Wildman–Crippen LogP) is 2.81. The number of hydrogen-bond donors (Lipinski definition) is 0.